The Hall–Kier alpha value is -2.37. The van der Waals surface area contributed by atoms with Gasteiger partial charge >= 0.3 is 6.08 Å². The van der Waals surface area contributed by atoms with Crippen molar-refractivity contribution in [3.63, 3.8) is 0 Å². The zero-order valence-corrected chi connectivity index (χ0v) is 13.3. The van der Waals surface area contributed by atoms with Crippen LogP contribution in [-0.4, -0.2) is 22.7 Å². The number of rotatable bonds is 5. The first-order chi connectivity index (χ1) is 10.4. The second-order valence-corrected chi connectivity index (χ2v) is 6.12. The summed E-state index contributed by atoms with van der Waals surface area (Å²) >= 11 is 0. The highest BCUT2D eigenvalue weighted by molar-refractivity contribution is 5.77. The van der Waals surface area contributed by atoms with Gasteiger partial charge in [-0.05, 0) is 12.5 Å². The van der Waals surface area contributed by atoms with Crippen LogP contribution < -0.4 is 10.1 Å². The van der Waals surface area contributed by atoms with Crippen molar-refractivity contribution in [1.82, 2.24) is 15.5 Å². The number of hydrogen-bond donors (Lipinski definition) is 1. The fraction of sp³-hybridized carbons (Fsp3) is 0.438. The molecule has 22 heavy (non-hydrogen) atoms. The van der Waals surface area contributed by atoms with E-state index in [9.17, 15) is 4.79 Å². The third-order valence-electron chi connectivity index (χ3n) is 3.08. The molecule has 118 valence electrons. The first-order valence-corrected chi connectivity index (χ1v) is 7.17. The number of nitrogens with zero attached hydrogens (tertiary/aromatic N) is 2. The van der Waals surface area contributed by atoms with Crippen molar-refractivity contribution >= 4 is 5.91 Å². The van der Waals surface area contributed by atoms with Crippen LogP contribution in [0.2, 0.25) is 0 Å². The van der Waals surface area contributed by atoms with E-state index < -0.39 is 0 Å². The lowest BCUT2D eigenvalue weighted by atomic mass is 9.96. The van der Waals surface area contributed by atoms with Crippen molar-refractivity contribution in [2.75, 3.05) is 6.61 Å². The molecule has 0 saturated heterocycles. The van der Waals surface area contributed by atoms with Gasteiger partial charge in [0.15, 0.2) is 12.4 Å². The molecule has 1 atom stereocenters. The highest BCUT2D eigenvalue weighted by Gasteiger charge is 2.22. The van der Waals surface area contributed by atoms with Crippen LogP contribution in [0.25, 0.3) is 0 Å². The van der Waals surface area contributed by atoms with Crippen molar-refractivity contribution in [2.45, 2.75) is 39.2 Å². The fourth-order valence-electron chi connectivity index (χ4n) is 1.81. The number of ether oxygens (including phenoxy) is 1. The Labute approximate surface area is 129 Å². The summed E-state index contributed by atoms with van der Waals surface area (Å²) in [5.41, 5.74) is 0.804. The van der Waals surface area contributed by atoms with Gasteiger partial charge in [0.1, 0.15) is 0 Å². The van der Waals surface area contributed by atoms with E-state index in [1.165, 1.54) is 0 Å². The molecule has 0 aliphatic rings. The zero-order valence-electron chi connectivity index (χ0n) is 13.3. The number of carbonyl (C=O) groups excluding carboxylic acids is 1. The molecule has 1 unspecified atom stereocenters. The predicted molar refractivity (Wildman–Crippen MR) is 81.5 cm³/mol. The average molecular weight is 303 g/mol. The summed E-state index contributed by atoms with van der Waals surface area (Å²) in [6.45, 7) is 7.65. The smallest absolute Gasteiger partial charge is 0.417 e. The Bertz CT molecular complexity index is 617. The van der Waals surface area contributed by atoms with E-state index in [1.54, 1.807) is 0 Å². The molecule has 1 aromatic heterocycles. The number of hydrogen-bond acceptors (Lipinski definition) is 5. The van der Waals surface area contributed by atoms with E-state index in [0.29, 0.717) is 5.82 Å². The first kappa shape index (κ1) is 16.0. The van der Waals surface area contributed by atoms with Crippen LogP contribution in [0.4, 0.5) is 0 Å². The highest BCUT2D eigenvalue weighted by atomic mass is 16.6. The van der Waals surface area contributed by atoms with Gasteiger partial charge in [0.05, 0.1) is 6.04 Å². The van der Waals surface area contributed by atoms with Crippen molar-refractivity contribution in [3.8, 4) is 6.08 Å². The summed E-state index contributed by atoms with van der Waals surface area (Å²) in [4.78, 5) is 16.0. The molecular weight excluding hydrogens is 282 g/mol. The minimum Gasteiger partial charge on any atom is -0.439 e. The summed E-state index contributed by atoms with van der Waals surface area (Å²) in [7, 11) is 0. The van der Waals surface area contributed by atoms with E-state index in [1.807, 2.05) is 58.0 Å². The third-order valence-corrected chi connectivity index (χ3v) is 3.08. The maximum Gasteiger partial charge on any atom is 0.417 e. The van der Waals surface area contributed by atoms with Crippen LogP contribution in [0.5, 0.6) is 6.08 Å². The Kier molecular flexibility index (Phi) is 4.80. The third kappa shape index (κ3) is 4.31. The lowest BCUT2D eigenvalue weighted by Crippen LogP contribution is -2.31. The summed E-state index contributed by atoms with van der Waals surface area (Å²) in [5, 5.41) is 6.68. The standard InChI is InChI=1S/C16H21N3O3/c1-11(12-8-6-5-7-9-12)17-13(20)10-21-15-18-14(19-22-15)16(2,3)4/h5-9,11H,10H2,1-4H3,(H,17,20). The Morgan fingerprint density at radius 3 is 2.59 bits per heavy atom. The second kappa shape index (κ2) is 6.60. The lowest BCUT2D eigenvalue weighted by Gasteiger charge is -2.13. The molecule has 0 fully saturated rings. The lowest BCUT2D eigenvalue weighted by molar-refractivity contribution is -0.124. The summed E-state index contributed by atoms with van der Waals surface area (Å²) in [6, 6.07) is 9.62. The summed E-state index contributed by atoms with van der Waals surface area (Å²) in [6.07, 6.45) is 0.00689. The molecule has 1 N–H and O–H groups in total. The number of benzene rings is 1. The second-order valence-electron chi connectivity index (χ2n) is 6.12. The molecule has 6 nitrogen and oxygen atoms in total. The molecule has 2 aromatic rings. The predicted octanol–water partition coefficient (Wildman–Crippen LogP) is 2.62. The van der Waals surface area contributed by atoms with Gasteiger partial charge < -0.3 is 10.1 Å². The van der Waals surface area contributed by atoms with Gasteiger partial charge in [-0.3, -0.25) is 9.32 Å². The van der Waals surface area contributed by atoms with Crippen LogP contribution in [0.15, 0.2) is 34.9 Å². The molecule has 1 heterocycles. The van der Waals surface area contributed by atoms with Gasteiger partial charge in [0.25, 0.3) is 5.91 Å². The van der Waals surface area contributed by atoms with Crippen molar-refractivity contribution in [1.29, 1.82) is 0 Å². The van der Waals surface area contributed by atoms with Crippen LogP contribution in [0.3, 0.4) is 0 Å². The molecular formula is C16H21N3O3. The monoisotopic (exact) mass is 303 g/mol. The van der Waals surface area contributed by atoms with Gasteiger partial charge in [-0.1, -0.05) is 56.3 Å². The number of carbonyl (C=O) groups is 1. The Morgan fingerprint density at radius 2 is 2.00 bits per heavy atom. The summed E-state index contributed by atoms with van der Waals surface area (Å²) in [5.74, 6) is 0.299. The van der Waals surface area contributed by atoms with E-state index in [-0.39, 0.29) is 30.0 Å². The molecule has 6 heteroatoms. The SMILES string of the molecule is CC(NC(=O)COc1nc(C(C)(C)C)no1)c1ccccc1. The van der Waals surface area contributed by atoms with E-state index in [0.717, 1.165) is 5.56 Å². The zero-order chi connectivity index (χ0) is 16.2. The maximum atomic E-state index is 11.9. The normalized spacial score (nSPS) is 12.7. The van der Waals surface area contributed by atoms with Crippen molar-refractivity contribution in [3.05, 3.63) is 41.7 Å². The van der Waals surface area contributed by atoms with Gasteiger partial charge in [-0.15, -0.1) is 0 Å². The minimum atomic E-state index is -0.244. The van der Waals surface area contributed by atoms with Crippen molar-refractivity contribution in [2.24, 2.45) is 0 Å². The van der Waals surface area contributed by atoms with Gasteiger partial charge in [-0.25, -0.2) is 0 Å². The minimum absolute atomic E-state index is 0.00689. The summed E-state index contributed by atoms with van der Waals surface area (Å²) < 4.78 is 10.2. The van der Waals surface area contributed by atoms with Crippen LogP contribution in [0.1, 0.15) is 45.1 Å². The molecule has 0 aliphatic carbocycles. The molecule has 2 rings (SSSR count). The highest BCUT2D eigenvalue weighted by Crippen LogP contribution is 2.20. The van der Waals surface area contributed by atoms with Gasteiger partial charge in [0, 0.05) is 5.41 Å². The van der Waals surface area contributed by atoms with Crippen molar-refractivity contribution < 1.29 is 14.1 Å². The Morgan fingerprint density at radius 1 is 1.32 bits per heavy atom. The van der Waals surface area contributed by atoms with E-state index in [4.69, 9.17) is 9.26 Å². The van der Waals surface area contributed by atoms with Crippen LogP contribution >= 0.6 is 0 Å². The van der Waals surface area contributed by atoms with Gasteiger partial charge in [-0.2, -0.15) is 4.98 Å². The molecule has 0 bridgehead atoms. The number of amides is 1. The maximum absolute atomic E-state index is 11.9. The van der Waals surface area contributed by atoms with Gasteiger partial charge in [0.2, 0.25) is 0 Å². The first-order valence-electron chi connectivity index (χ1n) is 7.17. The Balaban J connectivity index is 1.84. The molecule has 0 aliphatic heterocycles. The molecule has 0 saturated carbocycles. The molecule has 0 radical (unpaired) electrons. The quantitative estimate of drug-likeness (QED) is 0.918. The molecule has 0 spiro atoms. The fourth-order valence-corrected chi connectivity index (χ4v) is 1.81. The number of aromatic nitrogens is 2. The van der Waals surface area contributed by atoms with E-state index >= 15 is 0 Å². The number of nitrogens with one attached hydrogen (secondary N) is 1. The van der Waals surface area contributed by atoms with E-state index in [2.05, 4.69) is 15.5 Å². The van der Waals surface area contributed by atoms with Crippen LogP contribution in [0, 0.1) is 0 Å². The van der Waals surface area contributed by atoms with Crippen LogP contribution in [-0.2, 0) is 10.2 Å². The topological polar surface area (TPSA) is 77.2 Å². The molecule has 1 aromatic carbocycles. The molecule has 1 amide bonds. The largest absolute Gasteiger partial charge is 0.439 e. The average Bonchev–Trinajstić information content (AvgIpc) is 2.95.